The topological polar surface area (TPSA) is 93.1 Å². The van der Waals surface area contributed by atoms with Gasteiger partial charge in [0.05, 0.1) is 23.1 Å². The van der Waals surface area contributed by atoms with E-state index in [1.807, 2.05) is 64.5 Å². The molecule has 9 heteroatoms. The first kappa shape index (κ1) is 20.9. The Morgan fingerprint density at radius 3 is 2.70 bits per heavy atom. The van der Waals surface area contributed by atoms with Crippen LogP contribution in [0.4, 0.5) is 0 Å². The Morgan fingerprint density at radius 1 is 1.06 bits per heavy atom. The number of amides is 1. The van der Waals surface area contributed by atoms with Crippen molar-refractivity contribution in [1.29, 1.82) is 0 Å². The van der Waals surface area contributed by atoms with E-state index in [4.69, 9.17) is 4.74 Å². The molecule has 1 amide bonds. The van der Waals surface area contributed by atoms with Gasteiger partial charge in [-0.3, -0.25) is 9.59 Å². The smallest absolute Gasteiger partial charge is 0.268 e. The molecule has 0 aliphatic rings. The van der Waals surface area contributed by atoms with E-state index in [1.54, 1.807) is 18.0 Å². The van der Waals surface area contributed by atoms with E-state index in [9.17, 15) is 9.59 Å². The summed E-state index contributed by atoms with van der Waals surface area (Å²) < 4.78 is 8.34. The maximum absolute atomic E-state index is 13.1. The van der Waals surface area contributed by atoms with E-state index < -0.39 is 0 Å². The fourth-order valence-electron chi connectivity index (χ4n) is 3.64. The second-order valence-electron chi connectivity index (χ2n) is 7.60. The van der Waals surface area contributed by atoms with Gasteiger partial charge in [0, 0.05) is 7.05 Å². The number of aromatic nitrogens is 4. The number of rotatable bonds is 7. The lowest BCUT2D eigenvalue weighted by molar-refractivity contribution is -0.131. The van der Waals surface area contributed by atoms with Crippen LogP contribution in [0.3, 0.4) is 0 Å². The fraction of sp³-hybridized carbons (Fsp3) is 0.167. The van der Waals surface area contributed by atoms with E-state index in [1.165, 1.54) is 11.3 Å². The maximum atomic E-state index is 13.1. The van der Waals surface area contributed by atoms with Crippen LogP contribution in [-0.4, -0.2) is 37.4 Å². The SMILES string of the molecule is CN(Cc1nc2ccsc2c(=O)[nH]1)C(=O)Cn1c(COc2ccccc2)nc2ccccc21. The maximum Gasteiger partial charge on any atom is 0.268 e. The first-order valence-electron chi connectivity index (χ1n) is 10.4. The molecule has 33 heavy (non-hydrogen) atoms. The van der Waals surface area contributed by atoms with Crippen molar-refractivity contribution in [2.24, 2.45) is 0 Å². The number of thiophene rings is 1. The third-order valence-electron chi connectivity index (χ3n) is 5.31. The summed E-state index contributed by atoms with van der Waals surface area (Å²) in [7, 11) is 1.69. The molecule has 0 bridgehead atoms. The number of benzene rings is 2. The van der Waals surface area contributed by atoms with E-state index in [-0.39, 0.29) is 31.2 Å². The van der Waals surface area contributed by atoms with Gasteiger partial charge in [-0.05, 0) is 35.7 Å². The summed E-state index contributed by atoms with van der Waals surface area (Å²) in [6, 6.07) is 19.0. The first-order valence-corrected chi connectivity index (χ1v) is 11.3. The number of carbonyl (C=O) groups is 1. The van der Waals surface area contributed by atoms with Crippen LogP contribution in [0.1, 0.15) is 11.6 Å². The van der Waals surface area contributed by atoms with Crippen LogP contribution < -0.4 is 10.3 Å². The number of likely N-dealkylation sites (N-methyl/N-ethyl adjacent to an activating group) is 1. The normalized spacial score (nSPS) is 11.2. The van der Waals surface area contributed by atoms with Crippen molar-refractivity contribution >= 4 is 38.5 Å². The molecular formula is C24H21N5O3S. The zero-order valence-corrected chi connectivity index (χ0v) is 18.7. The molecule has 0 atom stereocenters. The van der Waals surface area contributed by atoms with Crippen LogP contribution in [0, 0.1) is 0 Å². The number of carbonyl (C=O) groups excluding carboxylic acids is 1. The molecule has 0 aliphatic heterocycles. The monoisotopic (exact) mass is 459 g/mol. The van der Waals surface area contributed by atoms with Gasteiger partial charge in [-0.15, -0.1) is 11.3 Å². The van der Waals surface area contributed by atoms with Gasteiger partial charge in [0.15, 0.2) is 0 Å². The molecular weight excluding hydrogens is 438 g/mol. The van der Waals surface area contributed by atoms with Gasteiger partial charge in [0.1, 0.15) is 35.2 Å². The second-order valence-corrected chi connectivity index (χ2v) is 8.52. The van der Waals surface area contributed by atoms with E-state index in [0.29, 0.717) is 21.9 Å². The van der Waals surface area contributed by atoms with Gasteiger partial charge in [-0.25, -0.2) is 9.97 Å². The highest BCUT2D eigenvalue weighted by molar-refractivity contribution is 7.17. The quantitative estimate of drug-likeness (QED) is 0.402. The molecule has 5 rings (SSSR count). The number of para-hydroxylation sites is 3. The molecule has 0 fully saturated rings. The summed E-state index contributed by atoms with van der Waals surface area (Å²) >= 11 is 1.35. The van der Waals surface area contributed by atoms with Gasteiger partial charge < -0.3 is 19.2 Å². The minimum Gasteiger partial charge on any atom is -0.486 e. The molecule has 0 aliphatic carbocycles. The van der Waals surface area contributed by atoms with Crippen LogP contribution >= 0.6 is 11.3 Å². The molecule has 8 nitrogen and oxygen atoms in total. The minimum absolute atomic E-state index is 0.0927. The van der Waals surface area contributed by atoms with Crippen molar-refractivity contribution in [1.82, 2.24) is 24.4 Å². The van der Waals surface area contributed by atoms with E-state index in [2.05, 4.69) is 15.0 Å². The predicted molar refractivity (Wildman–Crippen MR) is 127 cm³/mol. The highest BCUT2D eigenvalue weighted by atomic mass is 32.1. The van der Waals surface area contributed by atoms with Crippen molar-refractivity contribution in [2.75, 3.05) is 7.05 Å². The van der Waals surface area contributed by atoms with E-state index >= 15 is 0 Å². The molecule has 166 valence electrons. The average molecular weight is 460 g/mol. The number of ether oxygens (including phenoxy) is 1. The zero-order valence-electron chi connectivity index (χ0n) is 17.9. The summed E-state index contributed by atoms with van der Waals surface area (Å²) in [5.41, 5.74) is 2.11. The summed E-state index contributed by atoms with van der Waals surface area (Å²) in [5.74, 6) is 1.71. The third kappa shape index (κ3) is 4.35. The fourth-order valence-corrected chi connectivity index (χ4v) is 4.37. The van der Waals surface area contributed by atoms with Crippen molar-refractivity contribution < 1.29 is 9.53 Å². The molecule has 0 saturated carbocycles. The number of hydrogen-bond acceptors (Lipinski definition) is 6. The molecule has 0 radical (unpaired) electrons. The second kappa shape index (κ2) is 8.87. The lowest BCUT2D eigenvalue weighted by atomic mass is 10.3. The number of aromatic amines is 1. The van der Waals surface area contributed by atoms with Crippen LogP contribution in [0.2, 0.25) is 0 Å². The molecule has 0 unspecified atom stereocenters. The summed E-state index contributed by atoms with van der Waals surface area (Å²) in [4.78, 5) is 38.8. The van der Waals surface area contributed by atoms with Gasteiger partial charge in [-0.1, -0.05) is 30.3 Å². The molecule has 3 heterocycles. The zero-order chi connectivity index (χ0) is 22.8. The number of H-pyrrole nitrogens is 1. The predicted octanol–water partition coefficient (Wildman–Crippen LogP) is 3.57. The van der Waals surface area contributed by atoms with E-state index in [0.717, 1.165) is 16.8 Å². The Balaban J connectivity index is 1.36. The van der Waals surface area contributed by atoms with Crippen molar-refractivity contribution in [3.63, 3.8) is 0 Å². The Bertz CT molecular complexity index is 1490. The minimum atomic E-state index is -0.188. The van der Waals surface area contributed by atoms with Crippen LogP contribution in [0.25, 0.3) is 21.3 Å². The number of nitrogens with one attached hydrogen (secondary N) is 1. The average Bonchev–Trinajstić information content (AvgIpc) is 3.43. The number of nitrogens with zero attached hydrogens (tertiary/aromatic N) is 4. The Hall–Kier alpha value is -3.98. The van der Waals surface area contributed by atoms with Gasteiger partial charge in [-0.2, -0.15) is 0 Å². The van der Waals surface area contributed by atoms with Gasteiger partial charge >= 0.3 is 0 Å². The Morgan fingerprint density at radius 2 is 1.85 bits per heavy atom. The van der Waals surface area contributed by atoms with Crippen LogP contribution in [-0.2, 0) is 24.5 Å². The highest BCUT2D eigenvalue weighted by Gasteiger charge is 2.18. The number of imidazole rings is 1. The van der Waals surface area contributed by atoms with Gasteiger partial charge in [0.25, 0.3) is 5.56 Å². The van der Waals surface area contributed by atoms with Crippen LogP contribution in [0.5, 0.6) is 5.75 Å². The third-order valence-corrected chi connectivity index (χ3v) is 6.22. The Labute approximate surface area is 193 Å². The summed E-state index contributed by atoms with van der Waals surface area (Å²) in [6.07, 6.45) is 0. The number of fused-ring (bicyclic) bond motifs is 2. The molecule has 1 N–H and O–H groups in total. The highest BCUT2D eigenvalue weighted by Crippen LogP contribution is 2.19. The molecule has 3 aromatic heterocycles. The standard InChI is InChI=1S/C24H21N5O3S/c1-28(13-20-25-18-11-12-33-23(18)24(31)27-20)22(30)14-29-19-10-6-5-9-17(19)26-21(29)15-32-16-7-3-2-4-8-16/h2-12H,13-15H2,1H3,(H,25,27,31). The Kier molecular flexibility index (Phi) is 5.62. The molecule has 5 aromatic rings. The molecule has 0 saturated heterocycles. The summed E-state index contributed by atoms with van der Waals surface area (Å²) in [6.45, 7) is 0.525. The first-order chi connectivity index (χ1) is 16.1. The molecule has 0 spiro atoms. The van der Waals surface area contributed by atoms with Crippen molar-refractivity contribution in [2.45, 2.75) is 19.7 Å². The summed E-state index contributed by atoms with van der Waals surface area (Å²) in [5, 5.41) is 1.83. The van der Waals surface area contributed by atoms with Crippen molar-refractivity contribution in [3.05, 3.63) is 88.0 Å². The van der Waals surface area contributed by atoms with Gasteiger partial charge in [0.2, 0.25) is 5.91 Å². The van der Waals surface area contributed by atoms with Crippen molar-refractivity contribution in [3.8, 4) is 5.75 Å². The largest absolute Gasteiger partial charge is 0.486 e. The lowest BCUT2D eigenvalue weighted by Crippen LogP contribution is -2.31. The van der Waals surface area contributed by atoms with Crippen LogP contribution in [0.15, 0.2) is 70.8 Å². The molecule has 2 aromatic carbocycles. The lowest BCUT2D eigenvalue weighted by Gasteiger charge is -2.18. The number of hydrogen-bond donors (Lipinski definition) is 1.